The van der Waals surface area contributed by atoms with Crippen LogP contribution in [-0.4, -0.2) is 27.6 Å². The van der Waals surface area contributed by atoms with Gasteiger partial charge in [0.2, 0.25) is 0 Å². The monoisotopic (exact) mass is 403 g/mol. The quantitative estimate of drug-likeness (QED) is 0.601. The molecule has 7 heteroatoms. The number of carbonyl (C=O) groups is 1. The van der Waals surface area contributed by atoms with Crippen LogP contribution in [0.2, 0.25) is 5.15 Å². The molecular formula is C21H20ClF2N3O. The van der Waals surface area contributed by atoms with Crippen molar-refractivity contribution in [2.75, 3.05) is 7.05 Å². The molecule has 0 saturated heterocycles. The van der Waals surface area contributed by atoms with E-state index in [1.165, 1.54) is 11.0 Å². The number of benzene rings is 2. The second-order valence-electron chi connectivity index (χ2n) is 6.66. The van der Waals surface area contributed by atoms with Gasteiger partial charge in [0.15, 0.2) is 11.6 Å². The Labute approximate surface area is 167 Å². The van der Waals surface area contributed by atoms with Gasteiger partial charge in [-0.05, 0) is 37.1 Å². The number of amides is 1. The van der Waals surface area contributed by atoms with E-state index in [4.69, 9.17) is 11.6 Å². The molecular weight excluding hydrogens is 384 g/mol. The Bertz CT molecular complexity index is 1000. The molecule has 1 atom stereocenters. The van der Waals surface area contributed by atoms with E-state index in [1.54, 1.807) is 25.6 Å². The number of aryl methyl sites for hydroxylation is 1. The van der Waals surface area contributed by atoms with E-state index in [-0.39, 0.29) is 11.1 Å². The van der Waals surface area contributed by atoms with Gasteiger partial charge >= 0.3 is 0 Å². The molecule has 0 radical (unpaired) electrons. The average molecular weight is 404 g/mol. The Kier molecular flexibility index (Phi) is 5.79. The summed E-state index contributed by atoms with van der Waals surface area (Å²) in [6, 6.07) is 12.8. The third-order valence-corrected chi connectivity index (χ3v) is 5.17. The molecule has 3 rings (SSSR count). The molecule has 1 amide bonds. The largest absolute Gasteiger partial charge is 0.335 e. The third-order valence-electron chi connectivity index (χ3n) is 4.78. The number of aromatic nitrogens is 2. The fraction of sp³-hybridized carbons (Fsp3) is 0.238. The number of rotatable bonds is 5. The van der Waals surface area contributed by atoms with Crippen molar-refractivity contribution in [3.63, 3.8) is 0 Å². The van der Waals surface area contributed by atoms with Crippen LogP contribution in [0.15, 0.2) is 48.5 Å². The maximum absolute atomic E-state index is 13.6. The summed E-state index contributed by atoms with van der Waals surface area (Å²) < 4.78 is 28.3. The van der Waals surface area contributed by atoms with Crippen molar-refractivity contribution in [3.05, 3.63) is 87.7 Å². The van der Waals surface area contributed by atoms with Crippen LogP contribution in [0.3, 0.4) is 0 Å². The molecule has 1 heterocycles. The van der Waals surface area contributed by atoms with E-state index >= 15 is 0 Å². The molecule has 0 fully saturated rings. The van der Waals surface area contributed by atoms with Gasteiger partial charge < -0.3 is 4.90 Å². The van der Waals surface area contributed by atoms with Crippen LogP contribution in [0.5, 0.6) is 0 Å². The van der Waals surface area contributed by atoms with Crippen molar-refractivity contribution in [2.45, 2.75) is 26.4 Å². The Morgan fingerprint density at radius 1 is 1.18 bits per heavy atom. The summed E-state index contributed by atoms with van der Waals surface area (Å²) in [4.78, 5) is 14.5. The summed E-state index contributed by atoms with van der Waals surface area (Å²) in [5.74, 6) is -2.21. The van der Waals surface area contributed by atoms with Gasteiger partial charge in [-0.25, -0.2) is 13.5 Å². The van der Waals surface area contributed by atoms with E-state index < -0.39 is 17.7 Å². The molecule has 0 aliphatic rings. The van der Waals surface area contributed by atoms with Gasteiger partial charge in [-0.1, -0.05) is 48.0 Å². The normalized spacial score (nSPS) is 12.1. The first-order valence-corrected chi connectivity index (χ1v) is 9.16. The van der Waals surface area contributed by atoms with Crippen molar-refractivity contribution >= 4 is 17.5 Å². The van der Waals surface area contributed by atoms with Crippen LogP contribution in [0.25, 0.3) is 0 Å². The molecule has 0 aliphatic carbocycles. The Morgan fingerprint density at radius 2 is 1.86 bits per heavy atom. The highest BCUT2D eigenvalue weighted by Gasteiger charge is 2.26. The number of nitrogens with zero attached hydrogens (tertiary/aromatic N) is 3. The molecule has 0 spiro atoms. The lowest BCUT2D eigenvalue weighted by molar-refractivity contribution is 0.0741. The maximum Gasteiger partial charge on any atom is 0.259 e. The molecule has 4 nitrogen and oxygen atoms in total. The molecule has 0 aliphatic heterocycles. The predicted octanol–water partition coefficient (Wildman–Crippen LogP) is 5.00. The Morgan fingerprint density at radius 3 is 2.50 bits per heavy atom. The minimum absolute atomic E-state index is 0.246. The van der Waals surface area contributed by atoms with E-state index in [2.05, 4.69) is 5.10 Å². The summed E-state index contributed by atoms with van der Waals surface area (Å²) in [6.07, 6.45) is 0. The topological polar surface area (TPSA) is 38.1 Å². The van der Waals surface area contributed by atoms with Crippen LogP contribution in [0.4, 0.5) is 8.78 Å². The first kappa shape index (κ1) is 20.0. The van der Waals surface area contributed by atoms with Crippen LogP contribution in [0.1, 0.15) is 40.1 Å². The molecule has 146 valence electrons. The molecule has 1 unspecified atom stereocenters. The minimum atomic E-state index is -0.949. The number of hydrogen-bond donors (Lipinski definition) is 0. The van der Waals surface area contributed by atoms with Gasteiger partial charge in [0.1, 0.15) is 5.15 Å². The summed E-state index contributed by atoms with van der Waals surface area (Å²) in [5.41, 5.74) is 2.31. The first-order chi connectivity index (χ1) is 13.3. The van der Waals surface area contributed by atoms with Crippen molar-refractivity contribution in [3.8, 4) is 0 Å². The van der Waals surface area contributed by atoms with Crippen molar-refractivity contribution in [1.29, 1.82) is 0 Å². The third kappa shape index (κ3) is 3.92. The van der Waals surface area contributed by atoms with Gasteiger partial charge in [-0.2, -0.15) is 5.10 Å². The lowest BCUT2D eigenvalue weighted by Gasteiger charge is -2.25. The number of halogens is 3. The highest BCUT2D eigenvalue weighted by Crippen LogP contribution is 2.27. The van der Waals surface area contributed by atoms with E-state index in [9.17, 15) is 13.6 Å². The fourth-order valence-electron chi connectivity index (χ4n) is 3.01. The van der Waals surface area contributed by atoms with Crippen LogP contribution < -0.4 is 0 Å². The summed E-state index contributed by atoms with van der Waals surface area (Å²) >= 11 is 6.46. The second-order valence-corrected chi connectivity index (χ2v) is 7.02. The van der Waals surface area contributed by atoms with Gasteiger partial charge in [0.05, 0.1) is 23.8 Å². The van der Waals surface area contributed by atoms with E-state index in [0.717, 1.165) is 17.7 Å². The molecule has 2 aromatic carbocycles. The van der Waals surface area contributed by atoms with Gasteiger partial charge in [0.25, 0.3) is 5.91 Å². The van der Waals surface area contributed by atoms with Crippen LogP contribution in [0, 0.1) is 18.6 Å². The number of carbonyl (C=O) groups excluding carboxylic acids is 1. The zero-order valence-electron chi connectivity index (χ0n) is 15.8. The summed E-state index contributed by atoms with van der Waals surface area (Å²) in [5, 5.41) is 4.64. The van der Waals surface area contributed by atoms with Crippen molar-refractivity contribution in [2.24, 2.45) is 0 Å². The minimum Gasteiger partial charge on any atom is -0.335 e. The van der Waals surface area contributed by atoms with Crippen molar-refractivity contribution in [1.82, 2.24) is 14.7 Å². The average Bonchev–Trinajstić information content (AvgIpc) is 2.96. The van der Waals surface area contributed by atoms with Gasteiger partial charge in [-0.3, -0.25) is 4.79 Å². The second kappa shape index (κ2) is 8.10. The Hall–Kier alpha value is -2.73. The molecule has 3 aromatic rings. The number of hydrogen-bond acceptors (Lipinski definition) is 2. The lowest BCUT2D eigenvalue weighted by Crippen LogP contribution is -2.30. The SMILES string of the molecule is Cc1nn(Cc2ccccc2)c(Cl)c1C(=O)N(C)C(C)c1ccc(F)c(F)c1. The highest BCUT2D eigenvalue weighted by atomic mass is 35.5. The zero-order chi connectivity index (χ0) is 20.4. The van der Waals surface area contributed by atoms with E-state index in [0.29, 0.717) is 23.4 Å². The standard InChI is InChI=1S/C21H20ClF2N3O/c1-13-19(20(22)27(25-13)12-15-7-5-4-6-8-15)21(28)26(3)14(2)16-9-10-17(23)18(24)11-16/h4-11,14H,12H2,1-3H3. The van der Waals surface area contributed by atoms with Crippen LogP contribution in [-0.2, 0) is 6.54 Å². The molecule has 0 bridgehead atoms. The van der Waals surface area contributed by atoms with Crippen molar-refractivity contribution < 1.29 is 13.6 Å². The first-order valence-electron chi connectivity index (χ1n) is 8.78. The molecule has 0 N–H and O–H groups in total. The van der Waals surface area contributed by atoms with E-state index in [1.807, 2.05) is 30.3 Å². The summed E-state index contributed by atoms with van der Waals surface area (Å²) in [7, 11) is 1.60. The van der Waals surface area contributed by atoms with Gasteiger partial charge in [-0.15, -0.1) is 0 Å². The maximum atomic E-state index is 13.6. The fourth-order valence-corrected chi connectivity index (χ4v) is 3.32. The lowest BCUT2D eigenvalue weighted by atomic mass is 10.1. The van der Waals surface area contributed by atoms with Gasteiger partial charge in [0, 0.05) is 7.05 Å². The van der Waals surface area contributed by atoms with Crippen LogP contribution >= 0.6 is 11.6 Å². The molecule has 28 heavy (non-hydrogen) atoms. The smallest absolute Gasteiger partial charge is 0.259 e. The summed E-state index contributed by atoms with van der Waals surface area (Å²) in [6.45, 7) is 3.90. The highest BCUT2D eigenvalue weighted by molar-refractivity contribution is 6.33. The predicted molar refractivity (Wildman–Crippen MR) is 104 cm³/mol. The Balaban J connectivity index is 1.86. The molecule has 1 aromatic heterocycles. The zero-order valence-corrected chi connectivity index (χ0v) is 16.5. The molecule has 0 saturated carbocycles.